The van der Waals surface area contributed by atoms with Crippen molar-refractivity contribution in [2.24, 2.45) is 7.05 Å². The fraction of sp³-hybridized carbons (Fsp3) is 0.429. The minimum atomic E-state index is -0.541. The molecule has 3 aromatic heterocycles. The number of hydrogen-bond acceptors (Lipinski definition) is 8. The van der Waals surface area contributed by atoms with Crippen LogP contribution in [-0.2, 0) is 7.05 Å². The number of imidazole rings is 1. The summed E-state index contributed by atoms with van der Waals surface area (Å²) >= 11 is 0. The quantitative estimate of drug-likeness (QED) is 0.467. The van der Waals surface area contributed by atoms with E-state index in [9.17, 15) is 10.1 Å². The molecular formula is C14H19N9O2. The van der Waals surface area contributed by atoms with Gasteiger partial charge in [0.25, 0.3) is 0 Å². The molecular weight excluding hydrogens is 326 g/mol. The highest BCUT2D eigenvalue weighted by Gasteiger charge is 2.23. The van der Waals surface area contributed by atoms with Crippen molar-refractivity contribution >= 4 is 17.4 Å². The Labute approximate surface area is 143 Å². The second kappa shape index (κ2) is 6.43. The van der Waals surface area contributed by atoms with Crippen molar-refractivity contribution in [3.8, 4) is 11.5 Å². The van der Waals surface area contributed by atoms with Gasteiger partial charge in [0, 0.05) is 20.1 Å². The fourth-order valence-corrected chi connectivity index (χ4v) is 2.38. The lowest BCUT2D eigenvalue weighted by Gasteiger charge is -2.20. The lowest BCUT2D eigenvalue weighted by atomic mass is 10.4. The third kappa shape index (κ3) is 3.13. The summed E-state index contributed by atoms with van der Waals surface area (Å²) in [7, 11) is 7.54. The van der Waals surface area contributed by atoms with Crippen LogP contribution in [0.3, 0.4) is 0 Å². The topological polar surface area (TPSA) is 111 Å². The lowest BCUT2D eigenvalue weighted by Crippen LogP contribution is -2.29. The molecule has 0 amide bonds. The maximum Gasteiger partial charge on any atom is 0.434 e. The van der Waals surface area contributed by atoms with E-state index in [1.54, 1.807) is 11.6 Å². The molecule has 0 bridgehead atoms. The summed E-state index contributed by atoms with van der Waals surface area (Å²) < 4.78 is 2.93. The van der Waals surface area contributed by atoms with Crippen LogP contribution in [0, 0.1) is 10.1 Å². The summed E-state index contributed by atoms with van der Waals surface area (Å²) in [6, 6.07) is 3.69. The van der Waals surface area contributed by atoms with Crippen LogP contribution in [0.1, 0.15) is 0 Å². The SMILES string of the molecule is CN(C)CCN(C)c1ccc2nnc(-c3cnc([N+](=O)[O-])n3C)n2n1. The van der Waals surface area contributed by atoms with Gasteiger partial charge in [-0.1, -0.05) is 4.98 Å². The molecule has 25 heavy (non-hydrogen) atoms. The highest BCUT2D eigenvalue weighted by Crippen LogP contribution is 2.22. The molecule has 11 heteroatoms. The average Bonchev–Trinajstić information content (AvgIpc) is 3.15. The minimum absolute atomic E-state index is 0.258. The Hall–Kier alpha value is -3.08. The summed E-state index contributed by atoms with van der Waals surface area (Å²) in [6.45, 7) is 1.69. The minimum Gasteiger partial charge on any atom is -0.390 e. The van der Waals surface area contributed by atoms with Gasteiger partial charge in [0.05, 0.1) is 7.05 Å². The number of likely N-dealkylation sites (N-methyl/N-ethyl adjacent to an activating group) is 2. The Balaban J connectivity index is 2.00. The molecule has 0 aliphatic carbocycles. The summed E-state index contributed by atoms with van der Waals surface area (Å²) in [5.41, 5.74) is 1.03. The second-order valence-electron chi connectivity index (χ2n) is 5.97. The molecule has 0 spiro atoms. The largest absolute Gasteiger partial charge is 0.434 e. The number of rotatable bonds is 6. The van der Waals surface area contributed by atoms with Crippen molar-refractivity contribution in [2.45, 2.75) is 0 Å². The van der Waals surface area contributed by atoms with Crippen molar-refractivity contribution in [3.05, 3.63) is 28.4 Å². The Morgan fingerprint density at radius 1 is 1.20 bits per heavy atom. The summed E-state index contributed by atoms with van der Waals surface area (Å²) in [5, 5.41) is 23.8. The first-order valence-electron chi connectivity index (χ1n) is 7.63. The second-order valence-corrected chi connectivity index (χ2v) is 5.97. The zero-order valence-corrected chi connectivity index (χ0v) is 14.5. The Morgan fingerprint density at radius 2 is 1.96 bits per heavy atom. The van der Waals surface area contributed by atoms with Crippen LogP contribution in [-0.4, -0.2) is 73.4 Å². The molecule has 0 radical (unpaired) electrons. The predicted octanol–water partition coefficient (Wildman–Crippen LogP) is 0.431. The average molecular weight is 345 g/mol. The molecule has 132 valence electrons. The number of anilines is 1. The van der Waals surface area contributed by atoms with E-state index in [4.69, 9.17) is 0 Å². The Morgan fingerprint density at radius 3 is 2.60 bits per heavy atom. The third-order valence-corrected chi connectivity index (χ3v) is 3.88. The first-order valence-corrected chi connectivity index (χ1v) is 7.63. The molecule has 0 aliphatic rings. The Kier molecular flexibility index (Phi) is 4.31. The molecule has 11 nitrogen and oxygen atoms in total. The number of fused-ring (bicyclic) bond motifs is 1. The molecule has 3 aromatic rings. The van der Waals surface area contributed by atoms with E-state index in [1.807, 2.05) is 38.2 Å². The molecule has 0 fully saturated rings. The number of aromatic nitrogens is 6. The van der Waals surface area contributed by atoms with E-state index in [0.29, 0.717) is 17.2 Å². The molecule has 0 unspecified atom stereocenters. The monoisotopic (exact) mass is 345 g/mol. The van der Waals surface area contributed by atoms with Gasteiger partial charge in [0.15, 0.2) is 11.3 Å². The van der Waals surface area contributed by atoms with E-state index in [1.165, 1.54) is 10.8 Å². The van der Waals surface area contributed by atoms with Gasteiger partial charge in [0.1, 0.15) is 12.0 Å². The van der Waals surface area contributed by atoms with Crippen LogP contribution in [0.2, 0.25) is 0 Å². The van der Waals surface area contributed by atoms with E-state index in [2.05, 4.69) is 25.2 Å². The van der Waals surface area contributed by atoms with E-state index in [-0.39, 0.29) is 5.95 Å². The summed E-state index contributed by atoms with van der Waals surface area (Å²) in [5.74, 6) is 0.902. The molecule has 0 aliphatic heterocycles. The van der Waals surface area contributed by atoms with Crippen molar-refractivity contribution in [3.63, 3.8) is 0 Å². The van der Waals surface area contributed by atoms with Gasteiger partial charge in [-0.2, -0.15) is 4.52 Å². The highest BCUT2D eigenvalue weighted by atomic mass is 16.6. The van der Waals surface area contributed by atoms with Gasteiger partial charge >= 0.3 is 5.95 Å². The van der Waals surface area contributed by atoms with Gasteiger partial charge < -0.3 is 19.9 Å². The van der Waals surface area contributed by atoms with Gasteiger partial charge in [-0.25, -0.2) is 4.57 Å². The smallest absolute Gasteiger partial charge is 0.390 e. The standard InChI is InChI=1S/C14H19N9O2/c1-19(2)7-8-20(3)12-6-5-11-16-17-13(22(11)18-12)10-9-15-14(21(10)4)23(24)25/h5-6,9H,7-8H2,1-4H3. The van der Waals surface area contributed by atoms with Crippen LogP contribution in [0.4, 0.5) is 11.8 Å². The van der Waals surface area contributed by atoms with Crippen molar-refractivity contribution in [1.82, 2.24) is 34.3 Å². The fourth-order valence-electron chi connectivity index (χ4n) is 2.38. The zero-order valence-electron chi connectivity index (χ0n) is 14.5. The molecule has 0 N–H and O–H groups in total. The van der Waals surface area contributed by atoms with Gasteiger partial charge in [0.2, 0.25) is 5.82 Å². The maximum atomic E-state index is 11.0. The lowest BCUT2D eigenvalue weighted by molar-refractivity contribution is -0.396. The predicted molar refractivity (Wildman–Crippen MR) is 91.5 cm³/mol. The summed E-state index contributed by atoms with van der Waals surface area (Å²) in [4.78, 5) is 18.4. The van der Waals surface area contributed by atoms with Crippen LogP contribution in [0.25, 0.3) is 17.2 Å². The molecule has 0 saturated heterocycles. The highest BCUT2D eigenvalue weighted by molar-refractivity contribution is 5.57. The molecule has 0 saturated carbocycles. The number of nitrogens with zero attached hydrogens (tertiary/aromatic N) is 9. The Bertz CT molecular complexity index is 914. The third-order valence-electron chi connectivity index (χ3n) is 3.88. The normalized spacial score (nSPS) is 11.4. The zero-order chi connectivity index (χ0) is 18.1. The maximum absolute atomic E-state index is 11.0. The van der Waals surface area contributed by atoms with E-state index >= 15 is 0 Å². The molecule has 0 atom stereocenters. The number of hydrogen-bond donors (Lipinski definition) is 0. The van der Waals surface area contributed by atoms with Crippen molar-refractivity contribution in [1.29, 1.82) is 0 Å². The molecule has 3 heterocycles. The molecule has 0 aromatic carbocycles. The summed E-state index contributed by atoms with van der Waals surface area (Å²) in [6.07, 6.45) is 1.40. The first-order chi connectivity index (χ1) is 11.9. The van der Waals surface area contributed by atoms with Crippen molar-refractivity contribution in [2.75, 3.05) is 39.1 Å². The van der Waals surface area contributed by atoms with Crippen LogP contribution in [0.5, 0.6) is 0 Å². The molecule has 3 rings (SSSR count). The van der Waals surface area contributed by atoms with Crippen LogP contribution < -0.4 is 4.90 Å². The first kappa shape index (κ1) is 16.8. The van der Waals surface area contributed by atoms with Gasteiger partial charge in [-0.3, -0.25) is 0 Å². The number of nitro groups is 1. The van der Waals surface area contributed by atoms with Gasteiger partial charge in [-0.05, 0) is 31.2 Å². The van der Waals surface area contributed by atoms with E-state index in [0.717, 1.165) is 18.9 Å². The van der Waals surface area contributed by atoms with Gasteiger partial charge in [-0.15, -0.1) is 15.3 Å². The van der Waals surface area contributed by atoms with Crippen LogP contribution >= 0.6 is 0 Å². The van der Waals surface area contributed by atoms with E-state index < -0.39 is 4.92 Å². The van der Waals surface area contributed by atoms with Crippen molar-refractivity contribution < 1.29 is 4.92 Å². The van der Waals surface area contributed by atoms with Crippen LogP contribution in [0.15, 0.2) is 18.3 Å².